The molecule has 0 radical (unpaired) electrons. The molecule has 3 rings (SSSR count). The minimum absolute atomic E-state index is 0.161. The van der Waals surface area contributed by atoms with E-state index in [0.717, 1.165) is 28.9 Å². The molecule has 0 bridgehead atoms. The Balaban J connectivity index is 1.83. The Labute approximate surface area is 180 Å². The molecule has 0 atom stereocenters. The molecule has 0 fully saturated rings. The van der Waals surface area contributed by atoms with Crippen LogP contribution >= 0.6 is 12.0 Å². The van der Waals surface area contributed by atoms with Crippen LogP contribution in [0, 0.1) is 13.8 Å². The van der Waals surface area contributed by atoms with E-state index in [1.165, 1.54) is 26.7 Å². The van der Waals surface area contributed by atoms with Crippen molar-refractivity contribution in [3.8, 4) is 0 Å². The second-order valence-electron chi connectivity index (χ2n) is 6.71. The molecule has 3 nitrogen and oxygen atoms in total. The minimum Gasteiger partial charge on any atom is -0.205 e. The van der Waals surface area contributed by atoms with Gasteiger partial charge >= 0.3 is 0 Å². The average molecular weight is 428 g/mol. The molecule has 0 aliphatic rings. The molecule has 0 aliphatic carbocycles. The van der Waals surface area contributed by atoms with Gasteiger partial charge in [0.1, 0.15) is 0 Å². The standard InChI is InChI=1S/C24H27O3S2/c1-4-5-16-25-26-27-28-24-19(2)17-23(18-20(24)3)29(21-12-8-6-9-13-21)22-14-10-7-11-15-22/h6-15,17-18H,4-5,16H2,1-3H3/q+1. The van der Waals surface area contributed by atoms with Gasteiger partial charge in [-0.3, -0.25) is 0 Å². The SMILES string of the molecule is CCCCOOOSc1c(C)cc([S+](c2ccccc2)c2ccccc2)cc1C. The first kappa shape index (κ1) is 21.9. The van der Waals surface area contributed by atoms with Gasteiger partial charge in [0, 0.05) is 4.90 Å². The Morgan fingerprint density at radius 2 is 1.34 bits per heavy atom. The van der Waals surface area contributed by atoms with E-state index in [-0.39, 0.29) is 10.9 Å². The van der Waals surface area contributed by atoms with E-state index in [0.29, 0.717) is 6.61 Å². The Kier molecular flexibility index (Phi) is 8.65. The summed E-state index contributed by atoms with van der Waals surface area (Å²) in [5.41, 5.74) is 2.32. The quantitative estimate of drug-likeness (QED) is 0.114. The fraction of sp³-hybridized carbons (Fsp3) is 0.250. The van der Waals surface area contributed by atoms with E-state index in [2.05, 4.69) is 93.6 Å². The lowest BCUT2D eigenvalue weighted by Gasteiger charge is -2.12. The fourth-order valence-corrected chi connectivity index (χ4v) is 5.77. The number of rotatable bonds is 10. The van der Waals surface area contributed by atoms with Gasteiger partial charge in [0.15, 0.2) is 14.7 Å². The molecule has 0 saturated heterocycles. The first-order valence-corrected chi connectivity index (χ1v) is 11.8. The summed E-state index contributed by atoms with van der Waals surface area (Å²) in [7, 11) is -0.161. The maximum atomic E-state index is 5.19. The lowest BCUT2D eigenvalue weighted by Crippen LogP contribution is -2.06. The predicted octanol–water partition coefficient (Wildman–Crippen LogP) is 7.09. The molecule has 152 valence electrons. The molecule has 0 saturated carbocycles. The second kappa shape index (κ2) is 11.4. The smallest absolute Gasteiger partial charge is 0.167 e. The number of hydrogen-bond donors (Lipinski definition) is 0. The van der Waals surface area contributed by atoms with E-state index in [1.54, 1.807) is 0 Å². The summed E-state index contributed by atoms with van der Waals surface area (Å²) in [5, 5.41) is 4.83. The van der Waals surface area contributed by atoms with Crippen LogP contribution in [0.2, 0.25) is 0 Å². The molecular formula is C24H27O3S2+. The summed E-state index contributed by atoms with van der Waals surface area (Å²) >= 11 is 1.20. The first-order chi connectivity index (χ1) is 14.2. The van der Waals surface area contributed by atoms with Gasteiger partial charge in [-0.25, -0.2) is 4.89 Å². The highest BCUT2D eigenvalue weighted by Gasteiger charge is 2.29. The van der Waals surface area contributed by atoms with Crippen LogP contribution in [-0.2, 0) is 25.2 Å². The summed E-state index contributed by atoms with van der Waals surface area (Å²) in [6.45, 7) is 6.85. The Morgan fingerprint density at radius 1 is 0.793 bits per heavy atom. The van der Waals surface area contributed by atoms with Crippen LogP contribution in [0.1, 0.15) is 30.9 Å². The van der Waals surface area contributed by atoms with Crippen molar-refractivity contribution in [3.63, 3.8) is 0 Å². The van der Waals surface area contributed by atoms with Gasteiger partial charge in [-0.2, -0.15) is 0 Å². The summed E-state index contributed by atoms with van der Waals surface area (Å²) in [5.74, 6) is 0. The fourth-order valence-electron chi connectivity index (χ4n) is 2.99. The molecule has 0 spiro atoms. The van der Waals surface area contributed by atoms with Gasteiger partial charge in [0.25, 0.3) is 0 Å². The summed E-state index contributed by atoms with van der Waals surface area (Å²) in [6.07, 6.45) is 2.00. The zero-order valence-corrected chi connectivity index (χ0v) is 18.7. The topological polar surface area (TPSA) is 27.7 Å². The summed E-state index contributed by atoms with van der Waals surface area (Å²) in [4.78, 5) is 9.97. The highest BCUT2D eigenvalue weighted by atomic mass is 32.2. The molecule has 29 heavy (non-hydrogen) atoms. The Hall–Kier alpha value is -1.76. The van der Waals surface area contributed by atoms with Crippen LogP contribution in [0.15, 0.2) is 92.4 Å². The molecule has 0 aromatic heterocycles. The molecule has 5 heteroatoms. The van der Waals surface area contributed by atoms with Crippen LogP contribution in [0.4, 0.5) is 0 Å². The van der Waals surface area contributed by atoms with Crippen LogP contribution in [-0.4, -0.2) is 6.61 Å². The van der Waals surface area contributed by atoms with Crippen molar-refractivity contribution in [2.24, 2.45) is 0 Å². The van der Waals surface area contributed by atoms with Gasteiger partial charge in [-0.1, -0.05) is 54.8 Å². The van der Waals surface area contributed by atoms with Gasteiger partial charge in [-0.05, 0) is 67.8 Å². The van der Waals surface area contributed by atoms with Crippen LogP contribution in [0.3, 0.4) is 0 Å². The normalized spacial score (nSPS) is 11.2. The van der Waals surface area contributed by atoms with Gasteiger partial charge < -0.3 is 0 Å². The van der Waals surface area contributed by atoms with Crippen molar-refractivity contribution in [2.75, 3.05) is 6.61 Å². The molecule has 0 heterocycles. The van der Waals surface area contributed by atoms with Gasteiger partial charge in [-0.15, -0.1) is 4.33 Å². The third-order valence-electron chi connectivity index (χ3n) is 4.40. The maximum absolute atomic E-state index is 5.19. The van der Waals surface area contributed by atoms with Crippen molar-refractivity contribution in [1.82, 2.24) is 0 Å². The van der Waals surface area contributed by atoms with Crippen LogP contribution < -0.4 is 0 Å². The number of hydrogen-bond acceptors (Lipinski definition) is 4. The lowest BCUT2D eigenvalue weighted by molar-refractivity contribution is -0.460. The van der Waals surface area contributed by atoms with E-state index >= 15 is 0 Å². The summed E-state index contributed by atoms with van der Waals surface area (Å²) in [6, 6.07) is 25.8. The minimum atomic E-state index is -0.161. The molecule has 3 aromatic carbocycles. The molecule has 3 aromatic rings. The van der Waals surface area contributed by atoms with Crippen LogP contribution in [0.25, 0.3) is 0 Å². The van der Waals surface area contributed by atoms with Crippen LogP contribution in [0.5, 0.6) is 0 Å². The van der Waals surface area contributed by atoms with Gasteiger partial charge in [0.2, 0.25) is 0 Å². The lowest BCUT2D eigenvalue weighted by atomic mass is 10.1. The predicted molar refractivity (Wildman–Crippen MR) is 120 cm³/mol. The average Bonchev–Trinajstić information content (AvgIpc) is 2.74. The van der Waals surface area contributed by atoms with Crippen molar-refractivity contribution < 1.29 is 14.3 Å². The van der Waals surface area contributed by atoms with Crippen molar-refractivity contribution in [3.05, 3.63) is 83.9 Å². The zero-order valence-electron chi connectivity index (χ0n) is 17.1. The third-order valence-corrected chi connectivity index (χ3v) is 7.53. The zero-order chi connectivity index (χ0) is 20.5. The molecule has 0 N–H and O–H groups in total. The number of unbranched alkanes of at least 4 members (excludes halogenated alkanes) is 1. The third kappa shape index (κ3) is 6.11. The molecular weight excluding hydrogens is 400 g/mol. The first-order valence-electron chi connectivity index (χ1n) is 9.79. The summed E-state index contributed by atoms with van der Waals surface area (Å²) < 4.78 is 5.19. The largest absolute Gasteiger partial charge is 0.205 e. The van der Waals surface area contributed by atoms with E-state index in [1.807, 2.05) is 0 Å². The molecule has 0 aliphatic heterocycles. The van der Waals surface area contributed by atoms with Gasteiger partial charge in [0.05, 0.1) is 29.5 Å². The Bertz CT molecular complexity index is 823. The van der Waals surface area contributed by atoms with E-state index in [9.17, 15) is 0 Å². The monoisotopic (exact) mass is 427 g/mol. The Morgan fingerprint density at radius 3 is 1.86 bits per heavy atom. The van der Waals surface area contributed by atoms with E-state index < -0.39 is 0 Å². The van der Waals surface area contributed by atoms with Crippen molar-refractivity contribution >= 4 is 22.9 Å². The second-order valence-corrected chi connectivity index (χ2v) is 9.45. The van der Waals surface area contributed by atoms with Crippen molar-refractivity contribution in [1.29, 1.82) is 0 Å². The van der Waals surface area contributed by atoms with E-state index in [4.69, 9.17) is 14.3 Å². The number of benzene rings is 3. The highest BCUT2D eigenvalue weighted by molar-refractivity contribution is 7.97. The maximum Gasteiger partial charge on any atom is 0.167 e. The molecule has 0 amide bonds. The van der Waals surface area contributed by atoms with Crippen molar-refractivity contribution in [2.45, 2.75) is 53.2 Å². The highest BCUT2D eigenvalue weighted by Crippen LogP contribution is 2.36. The molecule has 0 unspecified atom stereocenters. The number of aryl methyl sites for hydroxylation is 2.